The van der Waals surface area contributed by atoms with Crippen LogP contribution in [0.5, 0.6) is 0 Å². The summed E-state index contributed by atoms with van der Waals surface area (Å²) in [6.07, 6.45) is -0.117. The van der Waals surface area contributed by atoms with E-state index in [4.69, 9.17) is 33.0 Å². The zero-order valence-corrected chi connectivity index (χ0v) is 17.9. The first-order chi connectivity index (χ1) is 13.2. The van der Waals surface area contributed by atoms with Gasteiger partial charge in [-0.3, -0.25) is 4.55 Å². The molecule has 3 unspecified atom stereocenters. The summed E-state index contributed by atoms with van der Waals surface area (Å²) in [4.78, 5) is -4.27. The average Bonchev–Trinajstić information content (AvgIpc) is 2.91. The number of allylic oxidation sites excluding steroid dienone is 2. The Balaban J connectivity index is 2.93. The van der Waals surface area contributed by atoms with E-state index in [0.717, 1.165) is 6.07 Å². The first-order valence-electron chi connectivity index (χ1n) is 6.62. The minimum Gasteiger partial charge on any atom is -0.282 e. The molecule has 2 rings (SSSR count). The number of alkyl halides is 10. The summed E-state index contributed by atoms with van der Waals surface area (Å²) >= 11 is 11.2. The minimum atomic E-state index is -6.27. The molecule has 0 saturated heterocycles. The van der Waals surface area contributed by atoms with Gasteiger partial charge in [0.25, 0.3) is 15.9 Å². The van der Waals surface area contributed by atoms with Crippen molar-refractivity contribution in [3.8, 4) is 6.07 Å². The summed E-state index contributed by atoms with van der Waals surface area (Å²) in [7, 11) is -6.27. The molecule has 1 aromatic rings. The van der Waals surface area contributed by atoms with Gasteiger partial charge in [-0.1, -0.05) is 39.1 Å². The number of thioether (sulfide) groups is 1. The van der Waals surface area contributed by atoms with Gasteiger partial charge in [-0.15, -0.1) is 0 Å². The van der Waals surface area contributed by atoms with Crippen LogP contribution >= 0.6 is 50.9 Å². The summed E-state index contributed by atoms with van der Waals surface area (Å²) in [6.45, 7) is 0. The van der Waals surface area contributed by atoms with E-state index in [1.165, 1.54) is 0 Å². The third-order valence-corrected chi connectivity index (χ3v) is 7.05. The number of aromatic nitrogens is 2. The maximum atomic E-state index is 15.7. The number of hydrogen-bond acceptors (Lipinski definition) is 5. The second kappa shape index (κ2) is 7.10. The lowest BCUT2D eigenvalue weighted by atomic mass is 9.91. The van der Waals surface area contributed by atoms with E-state index in [-0.39, 0.29) is 6.20 Å². The monoisotopic (exact) mass is 589 g/mol. The minimum absolute atomic E-state index is 0.117. The van der Waals surface area contributed by atoms with E-state index < -0.39 is 74.0 Å². The lowest BCUT2D eigenvalue weighted by Gasteiger charge is -2.48. The second-order valence-electron chi connectivity index (χ2n) is 5.41. The van der Waals surface area contributed by atoms with Crippen molar-refractivity contribution in [3.05, 3.63) is 22.6 Å². The molecule has 0 amide bonds. The predicted molar refractivity (Wildman–Crippen MR) is 89.8 cm³/mol. The van der Waals surface area contributed by atoms with Crippen LogP contribution in [-0.2, 0) is 15.9 Å². The Morgan fingerprint density at radius 3 is 2.17 bits per heavy atom. The Morgan fingerprint density at radius 1 is 1.27 bits per heavy atom. The van der Waals surface area contributed by atoms with Crippen LogP contribution in [0.25, 0.3) is 0 Å². The Morgan fingerprint density at radius 2 is 1.77 bits per heavy atom. The summed E-state index contributed by atoms with van der Waals surface area (Å²) in [5, 5.41) is 6.32. The van der Waals surface area contributed by atoms with Crippen LogP contribution < -0.4 is 0 Å². The molecule has 6 nitrogen and oxygen atoms in total. The average molecular weight is 591 g/mol. The summed E-state index contributed by atoms with van der Waals surface area (Å²) in [6, 6.07) is 1.04. The van der Waals surface area contributed by atoms with Crippen LogP contribution in [0.1, 0.15) is 5.69 Å². The number of nitriles is 1. The molecule has 1 aromatic heterocycles. The van der Waals surface area contributed by atoms with Gasteiger partial charge in [0, 0.05) is 6.20 Å². The first kappa shape index (κ1) is 25.5. The topological polar surface area (TPSA) is 96.0 Å². The SMILES string of the molecule is N#Cc1nn(C2(F)C(Cl)(Br)C(F)=C(S(=O)(=O)O)C(F)(F)C2(F)Cl)cc1SC(F)(F)F. The largest absolute Gasteiger partial charge is 0.446 e. The molecule has 1 aliphatic rings. The van der Waals surface area contributed by atoms with Gasteiger partial charge in [0.15, 0.2) is 16.4 Å². The quantitative estimate of drug-likeness (QED) is 0.232. The van der Waals surface area contributed by atoms with Crippen LogP contribution in [0.4, 0.5) is 35.1 Å². The van der Waals surface area contributed by atoms with Crippen LogP contribution in [-0.4, -0.2) is 43.1 Å². The lowest BCUT2D eigenvalue weighted by Crippen LogP contribution is -2.68. The number of rotatable bonds is 3. The molecule has 1 heterocycles. The van der Waals surface area contributed by atoms with E-state index in [9.17, 15) is 39.2 Å². The molecule has 19 heteroatoms. The van der Waals surface area contributed by atoms with Crippen LogP contribution in [0.15, 0.2) is 21.8 Å². The standard InChI is InChI=1S/C11H2BrCl2F8N3O3S2/c12-7(13)5(15)6(30(26,27)28)8(16,17)9(14,18)10(7,19)25-2-4(3(1-23)24-25)29-11(20,21)22/h2H,(H,26,27,28). The van der Waals surface area contributed by atoms with Crippen molar-refractivity contribution >= 4 is 61.0 Å². The van der Waals surface area contributed by atoms with E-state index in [0.29, 0.717) is 0 Å². The first-order valence-corrected chi connectivity index (χ1v) is 10.4. The Hall–Kier alpha value is -0.800. The maximum Gasteiger partial charge on any atom is 0.446 e. The molecular weight excluding hydrogens is 589 g/mol. The lowest BCUT2D eigenvalue weighted by molar-refractivity contribution is -0.183. The van der Waals surface area contributed by atoms with Gasteiger partial charge < -0.3 is 0 Å². The summed E-state index contributed by atoms with van der Waals surface area (Å²) in [5.41, 5.74) is -6.38. The second-order valence-corrected chi connectivity index (χ2v) is 10.6. The van der Waals surface area contributed by atoms with E-state index in [1.807, 2.05) is 15.9 Å². The van der Waals surface area contributed by atoms with Crippen LogP contribution in [0.2, 0.25) is 0 Å². The van der Waals surface area contributed by atoms with Gasteiger partial charge in [-0.2, -0.15) is 40.7 Å². The molecule has 0 spiro atoms. The zero-order chi connectivity index (χ0) is 23.7. The number of nitrogens with zero attached hydrogens (tertiary/aromatic N) is 3. The van der Waals surface area contributed by atoms with Gasteiger partial charge in [0.2, 0.25) is 3.78 Å². The zero-order valence-electron chi connectivity index (χ0n) is 13.2. The maximum absolute atomic E-state index is 15.7. The van der Waals surface area contributed by atoms with Crippen molar-refractivity contribution in [3.63, 3.8) is 0 Å². The molecular formula is C11H2BrCl2F8N3O3S2. The number of halogens is 11. The number of hydrogen-bond donors (Lipinski definition) is 1. The summed E-state index contributed by atoms with van der Waals surface area (Å²) in [5.74, 6) is -13.7. The van der Waals surface area contributed by atoms with E-state index in [2.05, 4.69) is 5.10 Å². The molecule has 168 valence electrons. The fourth-order valence-corrected chi connectivity index (χ4v) is 5.45. The van der Waals surface area contributed by atoms with Crippen LogP contribution in [0, 0.1) is 11.3 Å². The van der Waals surface area contributed by atoms with Gasteiger partial charge in [0.1, 0.15) is 6.07 Å². The molecule has 3 atom stereocenters. The normalized spacial score (nSPS) is 32.2. The molecule has 0 radical (unpaired) electrons. The fraction of sp³-hybridized carbons (Fsp3) is 0.455. The molecule has 0 bridgehead atoms. The van der Waals surface area contributed by atoms with Crippen molar-refractivity contribution in [2.75, 3.05) is 0 Å². The molecule has 1 aliphatic carbocycles. The highest BCUT2D eigenvalue weighted by Crippen LogP contribution is 2.67. The van der Waals surface area contributed by atoms with Gasteiger partial charge in [-0.25, -0.2) is 17.9 Å². The highest BCUT2D eigenvalue weighted by molar-refractivity contribution is 9.10. The third kappa shape index (κ3) is 3.48. The highest BCUT2D eigenvalue weighted by atomic mass is 79.9. The molecule has 0 saturated carbocycles. The van der Waals surface area contributed by atoms with Crippen molar-refractivity contribution in [1.82, 2.24) is 9.78 Å². The van der Waals surface area contributed by atoms with E-state index in [1.54, 1.807) is 0 Å². The Kier molecular flexibility index (Phi) is 6.03. The van der Waals surface area contributed by atoms with Gasteiger partial charge >= 0.3 is 16.6 Å². The molecule has 1 N–H and O–H groups in total. The summed E-state index contributed by atoms with van der Waals surface area (Å²) < 4.78 is 138. The van der Waals surface area contributed by atoms with Crippen molar-refractivity contribution < 1.29 is 48.1 Å². The fourth-order valence-electron chi connectivity index (χ4n) is 2.33. The predicted octanol–water partition coefficient (Wildman–Crippen LogP) is 4.94. The molecule has 30 heavy (non-hydrogen) atoms. The van der Waals surface area contributed by atoms with Gasteiger partial charge in [0.05, 0.1) is 4.90 Å². The smallest absolute Gasteiger partial charge is 0.282 e. The van der Waals surface area contributed by atoms with Crippen molar-refractivity contribution in [2.45, 2.75) is 31.0 Å². The molecule has 0 aliphatic heterocycles. The van der Waals surface area contributed by atoms with Crippen molar-refractivity contribution in [1.29, 1.82) is 5.26 Å². The Bertz CT molecular complexity index is 1080. The molecule has 0 fully saturated rings. The third-order valence-electron chi connectivity index (χ3n) is 3.57. The highest BCUT2D eigenvalue weighted by Gasteiger charge is 2.84. The van der Waals surface area contributed by atoms with Crippen molar-refractivity contribution in [2.24, 2.45) is 0 Å². The van der Waals surface area contributed by atoms with Gasteiger partial charge in [-0.05, 0) is 11.8 Å². The molecule has 0 aromatic carbocycles. The van der Waals surface area contributed by atoms with E-state index >= 15 is 4.39 Å². The van der Waals surface area contributed by atoms with Crippen LogP contribution in [0.3, 0.4) is 0 Å². The Labute approximate surface area is 183 Å².